The van der Waals surface area contributed by atoms with Crippen LogP contribution in [0.2, 0.25) is 5.02 Å². The number of amides is 2. The van der Waals surface area contributed by atoms with Gasteiger partial charge in [0.25, 0.3) is 0 Å². The summed E-state index contributed by atoms with van der Waals surface area (Å²) >= 11 is 6.14. The molecule has 1 aliphatic heterocycles. The van der Waals surface area contributed by atoms with Crippen molar-refractivity contribution < 1.29 is 27.5 Å². The number of fused-ring (bicyclic) bond motifs is 1. The summed E-state index contributed by atoms with van der Waals surface area (Å²) in [6, 6.07) is 11.4. The maximum Gasteiger partial charge on any atom is 0.242 e. The first-order valence-corrected chi connectivity index (χ1v) is 14.9. The topological polar surface area (TPSA) is 105 Å². The fraction of sp³-hybridized carbons (Fsp3) is 0.481. The van der Waals surface area contributed by atoms with Gasteiger partial charge in [0.05, 0.1) is 11.9 Å². The Bertz CT molecular complexity index is 1240. The number of rotatable bonds is 12. The Labute approximate surface area is 230 Å². The molecule has 0 radical (unpaired) electrons. The Balaban J connectivity index is 1.73. The lowest BCUT2D eigenvalue weighted by atomic mass is 10.1. The van der Waals surface area contributed by atoms with Crippen LogP contribution in [0, 0.1) is 5.92 Å². The summed E-state index contributed by atoms with van der Waals surface area (Å²) in [7, 11) is -3.63. The molecule has 3 rings (SSSR count). The van der Waals surface area contributed by atoms with Gasteiger partial charge in [-0.05, 0) is 49.1 Å². The molecule has 0 aliphatic carbocycles. The first-order chi connectivity index (χ1) is 18.0. The molecule has 1 N–H and O–H groups in total. The summed E-state index contributed by atoms with van der Waals surface area (Å²) < 4.78 is 37.6. The van der Waals surface area contributed by atoms with Crippen molar-refractivity contribution in [3.05, 3.63) is 53.1 Å². The smallest absolute Gasteiger partial charge is 0.242 e. The highest BCUT2D eigenvalue weighted by atomic mass is 35.5. The maximum atomic E-state index is 13.4. The zero-order valence-corrected chi connectivity index (χ0v) is 23.8. The van der Waals surface area contributed by atoms with Gasteiger partial charge in [0, 0.05) is 37.1 Å². The fourth-order valence-corrected chi connectivity index (χ4v) is 5.23. The third-order valence-electron chi connectivity index (χ3n) is 6.06. The Hall–Kier alpha value is -2.98. The van der Waals surface area contributed by atoms with Crippen LogP contribution in [0.1, 0.15) is 39.2 Å². The van der Waals surface area contributed by atoms with Crippen molar-refractivity contribution in [1.82, 2.24) is 10.2 Å². The van der Waals surface area contributed by atoms with Crippen LogP contribution in [-0.2, 0) is 26.2 Å². The van der Waals surface area contributed by atoms with Gasteiger partial charge in [-0.2, -0.15) is 0 Å². The van der Waals surface area contributed by atoms with E-state index in [9.17, 15) is 18.0 Å². The third-order valence-corrected chi connectivity index (χ3v) is 7.49. The lowest BCUT2D eigenvalue weighted by Crippen LogP contribution is -2.48. The van der Waals surface area contributed by atoms with Crippen molar-refractivity contribution in [3.8, 4) is 11.5 Å². The molecule has 0 saturated carbocycles. The van der Waals surface area contributed by atoms with E-state index in [4.69, 9.17) is 21.1 Å². The SMILES string of the molecule is CC(C)CNC(=O)[C@@H](C)N(Cc1cccc(Cl)c1)C(=O)CCCN(c1ccc2c(c1)OCCO2)S(C)(=O)=O. The highest BCUT2D eigenvalue weighted by molar-refractivity contribution is 7.92. The van der Waals surface area contributed by atoms with Crippen LogP contribution < -0.4 is 19.1 Å². The van der Waals surface area contributed by atoms with E-state index in [1.807, 2.05) is 19.9 Å². The van der Waals surface area contributed by atoms with Gasteiger partial charge in [0.1, 0.15) is 19.3 Å². The molecule has 11 heteroatoms. The summed E-state index contributed by atoms with van der Waals surface area (Å²) in [5, 5.41) is 3.42. The van der Waals surface area contributed by atoms with E-state index >= 15 is 0 Å². The van der Waals surface area contributed by atoms with E-state index in [0.29, 0.717) is 42.0 Å². The molecule has 2 aromatic carbocycles. The predicted molar refractivity (Wildman–Crippen MR) is 148 cm³/mol. The number of anilines is 1. The molecule has 0 saturated heterocycles. The quantitative estimate of drug-likeness (QED) is 0.419. The minimum atomic E-state index is -3.63. The zero-order chi connectivity index (χ0) is 27.9. The summed E-state index contributed by atoms with van der Waals surface area (Å²) in [4.78, 5) is 27.7. The molecule has 2 amide bonds. The number of benzene rings is 2. The van der Waals surface area contributed by atoms with Crippen molar-refractivity contribution in [3.63, 3.8) is 0 Å². The first kappa shape index (κ1) is 29.6. The Kier molecular flexibility index (Phi) is 10.3. The van der Waals surface area contributed by atoms with Crippen molar-refractivity contribution in [2.75, 3.05) is 36.9 Å². The van der Waals surface area contributed by atoms with Crippen LogP contribution in [0.4, 0.5) is 5.69 Å². The number of sulfonamides is 1. The van der Waals surface area contributed by atoms with Crippen LogP contribution in [0.3, 0.4) is 0 Å². The molecular formula is C27H36ClN3O6S. The van der Waals surface area contributed by atoms with Crippen molar-refractivity contribution in [2.45, 2.75) is 46.2 Å². The van der Waals surface area contributed by atoms with Crippen LogP contribution in [0.25, 0.3) is 0 Å². The van der Waals surface area contributed by atoms with Gasteiger partial charge in [0.2, 0.25) is 21.8 Å². The number of carbonyl (C=O) groups excluding carboxylic acids is 2. The molecule has 9 nitrogen and oxygen atoms in total. The Morgan fingerprint density at radius 1 is 1.05 bits per heavy atom. The zero-order valence-electron chi connectivity index (χ0n) is 22.3. The second kappa shape index (κ2) is 13.2. The second-order valence-corrected chi connectivity index (χ2v) is 12.1. The molecule has 1 heterocycles. The Morgan fingerprint density at radius 2 is 1.76 bits per heavy atom. The molecule has 0 spiro atoms. The van der Waals surface area contributed by atoms with Gasteiger partial charge in [-0.25, -0.2) is 8.42 Å². The molecule has 2 aromatic rings. The third kappa shape index (κ3) is 8.26. The molecule has 1 aliphatic rings. The maximum absolute atomic E-state index is 13.4. The van der Waals surface area contributed by atoms with E-state index in [1.165, 1.54) is 9.21 Å². The highest BCUT2D eigenvalue weighted by Crippen LogP contribution is 2.34. The van der Waals surface area contributed by atoms with Gasteiger partial charge < -0.3 is 19.7 Å². The lowest BCUT2D eigenvalue weighted by Gasteiger charge is -2.30. The first-order valence-electron chi connectivity index (χ1n) is 12.6. The number of ether oxygens (including phenoxy) is 2. The van der Waals surface area contributed by atoms with Crippen LogP contribution in [0.15, 0.2) is 42.5 Å². The summed E-state index contributed by atoms with van der Waals surface area (Å²) in [5.41, 5.74) is 1.23. The predicted octanol–water partition coefficient (Wildman–Crippen LogP) is 3.85. The molecule has 0 unspecified atom stereocenters. The molecule has 1 atom stereocenters. The molecular weight excluding hydrogens is 530 g/mol. The monoisotopic (exact) mass is 565 g/mol. The van der Waals surface area contributed by atoms with Crippen LogP contribution >= 0.6 is 11.6 Å². The van der Waals surface area contributed by atoms with E-state index in [2.05, 4.69) is 5.32 Å². The van der Waals surface area contributed by atoms with E-state index in [0.717, 1.165) is 11.8 Å². The summed E-state index contributed by atoms with van der Waals surface area (Å²) in [6.45, 7) is 7.29. The van der Waals surface area contributed by atoms with E-state index < -0.39 is 16.1 Å². The fourth-order valence-electron chi connectivity index (χ4n) is 4.06. The second-order valence-electron chi connectivity index (χ2n) is 9.73. The van der Waals surface area contributed by atoms with Gasteiger partial charge in [-0.1, -0.05) is 37.6 Å². The summed E-state index contributed by atoms with van der Waals surface area (Å²) in [5.74, 6) is 0.805. The normalized spacial score (nSPS) is 13.6. The lowest BCUT2D eigenvalue weighted by molar-refractivity contribution is -0.140. The molecule has 38 heavy (non-hydrogen) atoms. The largest absolute Gasteiger partial charge is 0.486 e. The van der Waals surface area contributed by atoms with E-state index in [-0.39, 0.29) is 43.7 Å². The molecule has 0 bridgehead atoms. The van der Waals surface area contributed by atoms with Gasteiger partial charge >= 0.3 is 0 Å². The molecule has 0 fully saturated rings. The summed E-state index contributed by atoms with van der Waals surface area (Å²) in [6.07, 6.45) is 1.43. The van der Waals surface area contributed by atoms with Crippen molar-refractivity contribution >= 4 is 39.1 Å². The number of nitrogens with zero attached hydrogens (tertiary/aromatic N) is 2. The Morgan fingerprint density at radius 3 is 2.42 bits per heavy atom. The number of carbonyl (C=O) groups is 2. The van der Waals surface area contributed by atoms with Crippen LogP contribution in [0.5, 0.6) is 11.5 Å². The minimum absolute atomic E-state index is 0.0545. The average molecular weight is 566 g/mol. The minimum Gasteiger partial charge on any atom is -0.486 e. The standard InChI is InChI=1S/C27H36ClN3O6S/c1-19(2)17-29-27(33)20(3)30(18-21-7-5-8-22(28)15-21)26(32)9-6-12-31(38(4,34)35)23-10-11-24-25(16-23)37-14-13-36-24/h5,7-8,10-11,15-16,19-20H,6,9,12-14,17-18H2,1-4H3,(H,29,33)/t20-/m1/s1. The molecule has 208 valence electrons. The van der Waals surface area contributed by atoms with Gasteiger partial charge in [-0.3, -0.25) is 13.9 Å². The van der Waals surface area contributed by atoms with E-state index in [1.54, 1.807) is 43.3 Å². The molecule has 0 aromatic heterocycles. The number of hydrogen-bond acceptors (Lipinski definition) is 6. The van der Waals surface area contributed by atoms with Gasteiger partial charge in [-0.15, -0.1) is 0 Å². The van der Waals surface area contributed by atoms with Crippen LogP contribution in [-0.4, -0.2) is 63.7 Å². The number of hydrogen-bond donors (Lipinski definition) is 1. The number of halogens is 1. The highest BCUT2D eigenvalue weighted by Gasteiger charge is 2.27. The van der Waals surface area contributed by atoms with Gasteiger partial charge in [0.15, 0.2) is 11.5 Å². The van der Waals surface area contributed by atoms with Crippen molar-refractivity contribution in [1.29, 1.82) is 0 Å². The number of nitrogens with one attached hydrogen (secondary N) is 1. The average Bonchev–Trinajstić information content (AvgIpc) is 2.86. The van der Waals surface area contributed by atoms with Crippen molar-refractivity contribution in [2.24, 2.45) is 5.92 Å².